The second-order valence-corrected chi connectivity index (χ2v) is 3.65. The highest BCUT2D eigenvalue weighted by molar-refractivity contribution is 5.67. The Morgan fingerprint density at radius 1 is 1.50 bits per heavy atom. The Balaban J connectivity index is 2.50. The number of amides is 1. The van der Waals surface area contributed by atoms with E-state index in [0.29, 0.717) is 6.61 Å². The molecule has 0 bridgehead atoms. The summed E-state index contributed by atoms with van der Waals surface area (Å²) >= 11 is 0. The van der Waals surface area contributed by atoms with Gasteiger partial charge < -0.3 is 9.47 Å². The Hall–Kier alpha value is -2.22. The molecule has 1 amide bonds. The molecular formula is C13H16N2O3. The van der Waals surface area contributed by atoms with Gasteiger partial charge in [0.2, 0.25) is 0 Å². The highest BCUT2D eigenvalue weighted by Gasteiger charge is 2.09. The average Bonchev–Trinajstić information content (AvgIpc) is 2.37. The van der Waals surface area contributed by atoms with Gasteiger partial charge in [-0.05, 0) is 24.6 Å². The second-order valence-electron chi connectivity index (χ2n) is 3.65. The van der Waals surface area contributed by atoms with Gasteiger partial charge in [0.25, 0.3) is 0 Å². The third kappa shape index (κ3) is 4.34. The van der Waals surface area contributed by atoms with Crippen molar-refractivity contribution in [2.45, 2.75) is 13.5 Å². The minimum atomic E-state index is -0.515. The first-order valence-corrected chi connectivity index (χ1v) is 5.64. The Labute approximate surface area is 107 Å². The van der Waals surface area contributed by atoms with Gasteiger partial charge in [-0.3, -0.25) is 4.90 Å². The van der Waals surface area contributed by atoms with Crippen molar-refractivity contribution in [2.75, 3.05) is 20.2 Å². The first-order valence-electron chi connectivity index (χ1n) is 5.64. The van der Waals surface area contributed by atoms with Gasteiger partial charge in [-0.25, -0.2) is 4.79 Å². The minimum Gasteiger partial charge on any atom is -0.494 e. The molecule has 0 fully saturated rings. The lowest BCUT2D eigenvalue weighted by Crippen LogP contribution is -2.27. The topological polar surface area (TPSA) is 62.6 Å². The second kappa shape index (κ2) is 7.17. The normalized spacial score (nSPS) is 9.39. The van der Waals surface area contributed by atoms with Crippen molar-refractivity contribution in [3.8, 4) is 11.8 Å². The Morgan fingerprint density at radius 3 is 2.94 bits per heavy atom. The van der Waals surface area contributed by atoms with Crippen LogP contribution < -0.4 is 4.74 Å². The maximum absolute atomic E-state index is 11.4. The molecule has 1 rings (SSSR count). The number of benzene rings is 1. The summed E-state index contributed by atoms with van der Waals surface area (Å²) in [5, 5.41) is 8.45. The number of carbonyl (C=O) groups excluding carboxylic acids is 1. The Bertz CT molecular complexity index is 440. The highest BCUT2D eigenvalue weighted by atomic mass is 16.6. The van der Waals surface area contributed by atoms with Crippen molar-refractivity contribution >= 4 is 6.09 Å². The molecule has 0 aliphatic rings. The summed E-state index contributed by atoms with van der Waals surface area (Å²) in [5.74, 6) is 0.747. The number of rotatable bonds is 5. The van der Waals surface area contributed by atoms with Crippen molar-refractivity contribution in [1.29, 1.82) is 5.26 Å². The summed E-state index contributed by atoms with van der Waals surface area (Å²) in [5.41, 5.74) is 0.847. The van der Waals surface area contributed by atoms with Crippen LogP contribution in [-0.4, -0.2) is 31.2 Å². The molecule has 5 heteroatoms. The van der Waals surface area contributed by atoms with Crippen LogP contribution >= 0.6 is 0 Å². The fourth-order valence-corrected chi connectivity index (χ4v) is 1.32. The predicted octanol–water partition coefficient (Wildman–Crippen LogP) is 2.18. The molecule has 0 N–H and O–H groups in total. The molecule has 0 spiro atoms. The van der Waals surface area contributed by atoms with Crippen molar-refractivity contribution < 1.29 is 14.3 Å². The zero-order valence-corrected chi connectivity index (χ0v) is 10.5. The summed E-state index contributed by atoms with van der Waals surface area (Å²) in [7, 11) is 1.52. The standard InChI is InChI=1S/C13H16N2O3/c1-3-17-12-6-4-5-11(9-12)10-18-13(16)15(2)8-7-14/h4-6,9H,3,8,10H2,1-2H3. The van der Waals surface area contributed by atoms with Gasteiger partial charge in [-0.2, -0.15) is 5.26 Å². The zero-order chi connectivity index (χ0) is 13.4. The molecule has 5 nitrogen and oxygen atoms in total. The summed E-state index contributed by atoms with van der Waals surface area (Å²) in [6.45, 7) is 2.67. The van der Waals surface area contributed by atoms with Crippen LogP contribution in [0.1, 0.15) is 12.5 Å². The maximum Gasteiger partial charge on any atom is 0.410 e. The molecule has 0 aliphatic carbocycles. The molecule has 0 saturated carbocycles. The number of ether oxygens (including phenoxy) is 2. The van der Waals surface area contributed by atoms with E-state index in [2.05, 4.69) is 0 Å². The predicted molar refractivity (Wildman–Crippen MR) is 66.0 cm³/mol. The van der Waals surface area contributed by atoms with Gasteiger partial charge in [-0.15, -0.1) is 0 Å². The molecule has 18 heavy (non-hydrogen) atoms. The minimum absolute atomic E-state index is 0.0117. The molecule has 0 aliphatic heterocycles. The molecular weight excluding hydrogens is 232 g/mol. The SMILES string of the molecule is CCOc1cccc(COC(=O)N(C)CC#N)c1. The van der Waals surface area contributed by atoms with E-state index in [1.807, 2.05) is 37.3 Å². The summed E-state index contributed by atoms with van der Waals surface area (Å²) < 4.78 is 10.4. The molecule has 0 aromatic heterocycles. The van der Waals surface area contributed by atoms with Gasteiger partial charge in [0, 0.05) is 7.05 Å². The van der Waals surface area contributed by atoms with Gasteiger partial charge in [0.15, 0.2) is 0 Å². The Morgan fingerprint density at radius 2 is 2.28 bits per heavy atom. The van der Waals surface area contributed by atoms with Crippen LogP contribution in [0, 0.1) is 11.3 Å². The van der Waals surface area contributed by atoms with E-state index in [4.69, 9.17) is 14.7 Å². The average molecular weight is 248 g/mol. The first kappa shape index (κ1) is 13.8. The van der Waals surface area contributed by atoms with E-state index < -0.39 is 6.09 Å². The largest absolute Gasteiger partial charge is 0.494 e. The van der Waals surface area contributed by atoms with E-state index in [9.17, 15) is 4.79 Å². The first-order chi connectivity index (χ1) is 8.67. The van der Waals surface area contributed by atoms with Crippen LogP contribution in [0.2, 0.25) is 0 Å². The maximum atomic E-state index is 11.4. The highest BCUT2D eigenvalue weighted by Crippen LogP contribution is 2.14. The van der Waals surface area contributed by atoms with Crippen molar-refractivity contribution in [1.82, 2.24) is 4.90 Å². The lowest BCUT2D eigenvalue weighted by Gasteiger charge is -2.13. The van der Waals surface area contributed by atoms with Crippen molar-refractivity contribution in [2.24, 2.45) is 0 Å². The molecule has 0 saturated heterocycles. The van der Waals surface area contributed by atoms with Crippen LogP contribution in [0.3, 0.4) is 0 Å². The van der Waals surface area contributed by atoms with E-state index in [1.165, 1.54) is 11.9 Å². The van der Waals surface area contributed by atoms with Gasteiger partial charge in [-0.1, -0.05) is 12.1 Å². The molecule has 96 valence electrons. The third-order valence-corrected chi connectivity index (χ3v) is 2.19. The van der Waals surface area contributed by atoms with Crippen molar-refractivity contribution in [3.63, 3.8) is 0 Å². The molecule has 0 unspecified atom stereocenters. The lowest BCUT2D eigenvalue weighted by molar-refractivity contribution is 0.108. The monoisotopic (exact) mass is 248 g/mol. The summed E-state index contributed by atoms with van der Waals surface area (Å²) in [6.07, 6.45) is -0.515. The van der Waals surface area contributed by atoms with E-state index in [-0.39, 0.29) is 13.2 Å². The van der Waals surface area contributed by atoms with Crippen LogP contribution in [0.4, 0.5) is 4.79 Å². The van der Waals surface area contributed by atoms with Gasteiger partial charge in [0.1, 0.15) is 18.9 Å². The Kier molecular flexibility index (Phi) is 5.52. The summed E-state index contributed by atoms with van der Waals surface area (Å²) in [6, 6.07) is 9.23. The number of nitrogens with zero attached hydrogens (tertiary/aromatic N) is 2. The molecule has 0 radical (unpaired) electrons. The fourth-order valence-electron chi connectivity index (χ4n) is 1.32. The molecule has 0 heterocycles. The van der Waals surface area contributed by atoms with Gasteiger partial charge in [0.05, 0.1) is 12.7 Å². The molecule has 1 aromatic carbocycles. The fraction of sp³-hybridized carbons (Fsp3) is 0.385. The number of hydrogen-bond donors (Lipinski definition) is 0. The number of carbonyl (C=O) groups is 1. The molecule has 1 aromatic rings. The quantitative estimate of drug-likeness (QED) is 0.749. The smallest absolute Gasteiger partial charge is 0.410 e. The summed E-state index contributed by atoms with van der Waals surface area (Å²) in [4.78, 5) is 12.7. The number of hydrogen-bond acceptors (Lipinski definition) is 4. The van der Waals surface area contributed by atoms with E-state index in [0.717, 1.165) is 11.3 Å². The zero-order valence-electron chi connectivity index (χ0n) is 10.5. The third-order valence-electron chi connectivity index (χ3n) is 2.19. The van der Waals surface area contributed by atoms with Gasteiger partial charge >= 0.3 is 6.09 Å². The lowest BCUT2D eigenvalue weighted by atomic mass is 10.2. The van der Waals surface area contributed by atoms with Crippen LogP contribution in [0.15, 0.2) is 24.3 Å². The van der Waals surface area contributed by atoms with E-state index >= 15 is 0 Å². The van der Waals surface area contributed by atoms with Crippen molar-refractivity contribution in [3.05, 3.63) is 29.8 Å². The van der Waals surface area contributed by atoms with Crippen LogP contribution in [-0.2, 0) is 11.3 Å². The number of nitriles is 1. The van der Waals surface area contributed by atoms with Crippen LogP contribution in [0.25, 0.3) is 0 Å². The van der Waals surface area contributed by atoms with E-state index in [1.54, 1.807) is 0 Å². The van der Waals surface area contributed by atoms with Crippen LogP contribution in [0.5, 0.6) is 5.75 Å². The molecule has 0 atom stereocenters.